The predicted molar refractivity (Wildman–Crippen MR) is 84.4 cm³/mol. The van der Waals surface area contributed by atoms with Gasteiger partial charge in [-0.15, -0.1) is 0 Å². The maximum Gasteiger partial charge on any atom is 0.295 e. The van der Waals surface area contributed by atoms with Gasteiger partial charge in [-0.3, -0.25) is 10.1 Å². The molecule has 0 amide bonds. The molecule has 24 heavy (non-hydrogen) atoms. The highest BCUT2D eigenvalue weighted by molar-refractivity contribution is 5.85. The van der Waals surface area contributed by atoms with Crippen LogP contribution in [-0.4, -0.2) is 27.2 Å². The Labute approximate surface area is 136 Å². The molecule has 2 aromatic carbocycles. The zero-order valence-corrected chi connectivity index (χ0v) is 12.6. The Morgan fingerprint density at radius 3 is 2.83 bits per heavy atom. The maximum absolute atomic E-state index is 11.4. The van der Waals surface area contributed by atoms with Crippen LogP contribution in [0.2, 0.25) is 0 Å². The molecule has 2 aliphatic rings. The quantitative estimate of drug-likeness (QED) is 0.535. The van der Waals surface area contributed by atoms with Crippen molar-refractivity contribution < 1.29 is 14.4 Å². The van der Waals surface area contributed by atoms with Gasteiger partial charge in [-0.25, -0.2) is 4.98 Å². The molecule has 5 rings (SSSR count). The van der Waals surface area contributed by atoms with E-state index >= 15 is 0 Å². The Hall–Kier alpha value is -2.77. The molecule has 7 nitrogen and oxygen atoms in total. The Balaban J connectivity index is 1.83. The van der Waals surface area contributed by atoms with Gasteiger partial charge in [-0.05, 0) is 6.07 Å². The fourth-order valence-electron chi connectivity index (χ4n) is 3.60. The van der Waals surface area contributed by atoms with Crippen molar-refractivity contribution >= 4 is 16.7 Å². The van der Waals surface area contributed by atoms with Crippen molar-refractivity contribution in [3.63, 3.8) is 0 Å². The lowest BCUT2D eigenvalue weighted by molar-refractivity contribution is -0.383. The Bertz CT molecular complexity index is 969. The molecule has 2 atom stereocenters. The van der Waals surface area contributed by atoms with Crippen molar-refractivity contribution in [3.8, 4) is 0 Å². The first-order valence-corrected chi connectivity index (χ1v) is 7.70. The van der Waals surface area contributed by atoms with Crippen molar-refractivity contribution in [2.24, 2.45) is 0 Å². The summed E-state index contributed by atoms with van der Waals surface area (Å²) in [6, 6.07) is 14.5. The molecule has 0 radical (unpaired) electrons. The number of rotatable bonds is 2. The van der Waals surface area contributed by atoms with E-state index in [4.69, 9.17) is 9.47 Å². The third-order valence-electron chi connectivity index (χ3n) is 4.58. The molecule has 3 heterocycles. The molecule has 1 saturated heterocycles. The fourth-order valence-corrected chi connectivity index (χ4v) is 3.60. The van der Waals surface area contributed by atoms with Gasteiger partial charge in [0.1, 0.15) is 11.6 Å². The minimum atomic E-state index is -1.10. The van der Waals surface area contributed by atoms with Gasteiger partial charge in [0, 0.05) is 11.6 Å². The lowest BCUT2D eigenvalue weighted by Gasteiger charge is -2.32. The highest BCUT2D eigenvalue weighted by Gasteiger charge is 2.52. The van der Waals surface area contributed by atoms with E-state index < -0.39 is 5.79 Å². The molecule has 0 aliphatic carbocycles. The first-order valence-electron chi connectivity index (χ1n) is 7.70. The van der Waals surface area contributed by atoms with Gasteiger partial charge in [0.15, 0.2) is 5.82 Å². The van der Waals surface area contributed by atoms with Crippen LogP contribution in [0.5, 0.6) is 0 Å². The lowest BCUT2D eigenvalue weighted by atomic mass is 10.0. The second-order valence-corrected chi connectivity index (χ2v) is 5.98. The maximum atomic E-state index is 11.4. The van der Waals surface area contributed by atoms with Crippen molar-refractivity contribution in [3.05, 3.63) is 70.0 Å². The molecule has 0 saturated carbocycles. The number of hydrogen-bond acceptors (Lipinski definition) is 5. The number of ether oxygens (including phenoxy) is 2. The second-order valence-electron chi connectivity index (χ2n) is 5.98. The Kier molecular flexibility index (Phi) is 2.63. The van der Waals surface area contributed by atoms with Crippen molar-refractivity contribution in [1.29, 1.82) is 0 Å². The minimum Gasteiger partial charge on any atom is -0.337 e. The van der Waals surface area contributed by atoms with Crippen LogP contribution in [0.4, 0.5) is 5.69 Å². The van der Waals surface area contributed by atoms with Gasteiger partial charge in [-0.2, -0.15) is 0 Å². The van der Waals surface area contributed by atoms with Crippen LogP contribution in [-0.2, 0) is 21.8 Å². The highest BCUT2D eigenvalue weighted by atomic mass is 16.7. The van der Waals surface area contributed by atoms with Gasteiger partial charge >= 0.3 is 0 Å². The van der Waals surface area contributed by atoms with Crippen molar-refractivity contribution in [2.75, 3.05) is 6.61 Å². The van der Waals surface area contributed by atoms with Gasteiger partial charge < -0.3 is 14.0 Å². The van der Waals surface area contributed by atoms with E-state index in [1.165, 1.54) is 6.07 Å². The van der Waals surface area contributed by atoms with Crippen molar-refractivity contribution in [2.45, 2.75) is 18.4 Å². The van der Waals surface area contributed by atoms with E-state index in [1.807, 2.05) is 34.9 Å². The number of fused-ring (bicyclic) bond motifs is 6. The van der Waals surface area contributed by atoms with Crippen LogP contribution >= 0.6 is 0 Å². The Morgan fingerprint density at radius 1 is 1.21 bits per heavy atom. The van der Waals surface area contributed by atoms with E-state index in [-0.39, 0.29) is 16.7 Å². The summed E-state index contributed by atoms with van der Waals surface area (Å²) in [5.74, 6) is -0.538. The SMILES string of the molecule is O=[N+]([O-])c1cccc2nc3n(c12)CC1COC3(c2ccccc2)O1. The van der Waals surface area contributed by atoms with Gasteiger partial charge in [-0.1, -0.05) is 36.4 Å². The van der Waals surface area contributed by atoms with E-state index in [0.717, 1.165) is 5.56 Å². The van der Waals surface area contributed by atoms with Gasteiger partial charge in [0.2, 0.25) is 0 Å². The average molecular weight is 323 g/mol. The Morgan fingerprint density at radius 2 is 2.04 bits per heavy atom. The largest absolute Gasteiger partial charge is 0.337 e. The number of imidazole rings is 1. The first kappa shape index (κ1) is 13.6. The molecule has 3 aromatic rings. The summed E-state index contributed by atoms with van der Waals surface area (Å²) in [5.41, 5.74) is 1.99. The fraction of sp³-hybridized carbons (Fsp3) is 0.235. The van der Waals surface area contributed by atoms with E-state index in [1.54, 1.807) is 12.1 Å². The molecule has 1 aromatic heterocycles. The van der Waals surface area contributed by atoms with Crippen LogP contribution in [0, 0.1) is 10.1 Å². The summed E-state index contributed by atoms with van der Waals surface area (Å²) in [7, 11) is 0. The standard InChI is InChI=1S/C17H13N3O4/c21-20(22)14-8-4-7-13-15(14)19-9-12-10-23-17(24-12,16(19)18-13)11-5-2-1-3-6-11/h1-8,12H,9-10H2. The molecule has 1 fully saturated rings. The summed E-state index contributed by atoms with van der Waals surface area (Å²) >= 11 is 0. The van der Waals surface area contributed by atoms with Gasteiger partial charge in [0.25, 0.3) is 11.5 Å². The number of nitro benzene ring substituents is 1. The molecule has 7 heteroatoms. The molecule has 2 bridgehead atoms. The molecular weight excluding hydrogens is 310 g/mol. The number of aromatic nitrogens is 2. The number of non-ortho nitro benzene ring substituents is 1. The summed E-state index contributed by atoms with van der Waals surface area (Å²) in [6.07, 6.45) is -0.157. The molecule has 2 aliphatic heterocycles. The predicted octanol–water partition coefficient (Wildman–Crippen LogP) is 2.57. The van der Waals surface area contributed by atoms with E-state index in [2.05, 4.69) is 4.98 Å². The zero-order valence-electron chi connectivity index (χ0n) is 12.6. The zero-order chi connectivity index (χ0) is 16.3. The smallest absolute Gasteiger partial charge is 0.295 e. The van der Waals surface area contributed by atoms with E-state index in [0.29, 0.717) is 30.0 Å². The summed E-state index contributed by atoms with van der Waals surface area (Å²) in [5, 5.41) is 11.4. The lowest BCUT2D eigenvalue weighted by Crippen LogP contribution is -2.38. The number of benzene rings is 2. The monoisotopic (exact) mass is 323 g/mol. The minimum absolute atomic E-state index is 0.0516. The number of nitrogens with zero attached hydrogens (tertiary/aromatic N) is 3. The van der Waals surface area contributed by atoms with Crippen LogP contribution in [0.15, 0.2) is 48.5 Å². The average Bonchev–Trinajstić information content (AvgIpc) is 3.16. The van der Waals surface area contributed by atoms with Crippen molar-refractivity contribution in [1.82, 2.24) is 9.55 Å². The summed E-state index contributed by atoms with van der Waals surface area (Å²) in [4.78, 5) is 15.7. The molecular formula is C17H13N3O4. The molecule has 0 N–H and O–H groups in total. The number of nitro groups is 1. The highest BCUT2D eigenvalue weighted by Crippen LogP contribution is 2.45. The second kappa shape index (κ2) is 4.62. The number of hydrogen-bond donors (Lipinski definition) is 0. The van der Waals surface area contributed by atoms with Gasteiger partial charge in [0.05, 0.1) is 23.6 Å². The van der Waals surface area contributed by atoms with Crippen LogP contribution in [0.1, 0.15) is 11.4 Å². The van der Waals surface area contributed by atoms with E-state index in [9.17, 15) is 10.1 Å². The first-order chi connectivity index (χ1) is 11.7. The topological polar surface area (TPSA) is 79.4 Å². The summed E-state index contributed by atoms with van der Waals surface area (Å²) < 4.78 is 14.1. The molecule has 2 unspecified atom stereocenters. The van der Waals surface area contributed by atoms with Crippen LogP contribution in [0.25, 0.3) is 11.0 Å². The third kappa shape index (κ3) is 1.65. The molecule has 120 valence electrons. The summed E-state index contributed by atoms with van der Waals surface area (Å²) in [6.45, 7) is 0.922. The number of para-hydroxylation sites is 1. The van der Waals surface area contributed by atoms with Crippen LogP contribution in [0.3, 0.4) is 0 Å². The third-order valence-corrected chi connectivity index (χ3v) is 4.58. The normalized spacial score (nSPS) is 24.9. The van der Waals surface area contributed by atoms with Crippen LogP contribution < -0.4 is 0 Å². The molecule has 0 spiro atoms.